The van der Waals surface area contributed by atoms with E-state index >= 15 is 0 Å². The summed E-state index contributed by atoms with van der Waals surface area (Å²) >= 11 is 1.28. The summed E-state index contributed by atoms with van der Waals surface area (Å²) in [6, 6.07) is 4.10. The third-order valence-electron chi connectivity index (χ3n) is 3.98. The number of nitrogens with zero attached hydrogens (tertiary/aromatic N) is 3. The molecule has 1 saturated heterocycles. The van der Waals surface area contributed by atoms with Gasteiger partial charge < -0.3 is 10.1 Å². The summed E-state index contributed by atoms with van der Waals surface area (Å²) < 4.78 is 35.9. The molecule has 1 aliphatic rings. The van der Waals surface area contributed by atoms with E-state index < -0.39 is 11.6 Å². The van der Waals surface area contributed by atoms with Gasteiger partial charge in [-0.05, 0) is 31.2 Å². The molecule has 8 heteroatoms. The van der Waals surface area contributed by atoms with Crippen molar-refractivity contribution in [2.24, 2.45) is 0 Å². The van der Waals surface area contributed by atoms with E-state index in [1.807, 2.05) is 7.05 Å². The minimum atomic E-state index is -0.827. The molecule has 124 valence electrons. The Balaban J connectivity index is 1.78. The van der Waals surface area contributed by atoms with Crippen molar-refractivity contribution in [2.75, 3.05) is 26.0 Å². The quantitative estimate of drug-likeness (QED) is 0.907. The number of likely N-dealkylation sites (N-methyl/N-ethyl adjacent to an activating group) is 1. The molecule has 23 heavy (non-hydrogen) atoms. The molecule has 0 radical (unpaired) electrons. The maximum absolute atomic E-state index is 13.6. The van der Waals surface area contributed by atoms with Crippen LogP contribution in [0, 0.1) is 11.6 Å². The molecule has 3 rings (SSSR count). The van der Waals surface area contributed by atoms with Gasteiger partial charge in [-0.2, -0.15) is 4.37 Å². The number of hydrogen-bond donors (Lipinski definition) is 1. The van der Waals surface area contributed by atoms with Gasteiger partial charge in [-0.1, -0.05) is 6.07 Å². The minimum Gasteiger partial charge on any atom is -0.377 e. The highest BCUT2D eigenvalue weighted by atomic mass is 32.1. The maximum atomic E-state index is 13.6. The standard InChI is InChI=1S/C15H18F2N4OS/c1-21-6-5-12(18-15-19-13(8-22-2)20-23-15)14(21)9-3-4-10(16)11(17)7-9/h3-4,7,12,14H,5-6,8H2,1-2H3,(H,18,19,20)/t12-,14-/m0/s1. The molecule has 1 aromatic heterocycles. The normalized spacial score (nSPS) is 21.7. The predicted molar refractivity (Wildman–Crippen MR) is 84.4 cm³/mol. The third-order valence-corrected chi connectivity index (χ3v) is 4.67. The van der Waals surface area contributed by atoms with Crippen molar-refractivity contribution < 1.29 is 13.5 Å². The number of rotatable bonds is 5. The number of methoxy groups -OCH3 is 1. The number of nitrogens with one attached hydrogen (secondary N) is 1. The van der Waals surface area contributed by atoms with Crippen LogP contribution < -0.4 is 5.32 Å². The van der Waals surface area contributed by atoms with E-state index in [2.05, 4.69) is 19.6 Å². The average Bonchev–Trinajstić information content (AvgIpc) is 3.10. The van der Waals surface area contributed by atoms with E-state index in [9.17, 15) is 8.78 Å². The number of ether oxygens (including phenoxy) is 1. The fourth-order valence-corrected chi connectivity index (χ4v) is 3.58. The molecule has 0 amide bonds. The van der Waals surface area contributed by atoms with Crippen LogP contribution in [0.1, 0.15) is 23.9 Å². The zero-order valence-electron chi connectivity index (χ0n) is 12.9. The molecular weight excluding hydrogens is 322 g/mol. The average molecular weight is 340 g/mol. The molecule has 2 aromatic rings. The van der Waals surface area contributed by atoms with Crippen molar-refractivity contribution >= 4 is 16.7 Å². The first kappa shape index (κ1) is 16.2. The predicted octanol–water partition coefficient (Wildman–Crippen LogP) is 2.82. The lowest BCUT2D eigenvalue weighted by Crippen LogP contribution is -2.29. The molecule has 0 spiro atoms. The Kier molecular flexibility index (Phi) is 4.84. The summed E-state index contributed by atoms with van der Waals surface area (Å²) in [5.41, 5.74) is 0.753. The van der Waals surface area contributed by atoms with Gasteiger partial charge >= 0.3 is 0 Å². The van der Waals surface area contributed by atoms with Gasteiger partial charge in [-0.15, -0.1) is 0 Å². The summed E-state index contributed by atoms with van der Waals surface area (Å²) in [5.74, 6) is -1.01. The number of benzene rings is 1. The largest absolute Gasteiger partial charge is 0.377 e. The molecule has 2 heterocycles. The Hall–Kier alpha value is -1.64. The van der Waals surface area contributed by atoms with E-state index in [-0.39, 0.29) is 12.1 Å². The second-order valence-electron chi connectivity index (χ2n) is 5.59. The Morgan fingerprint density at radius 1 is 1.39 bits per heavy atom. The molecule has 0 unspecified atom stereocenters. The number of likely N-dealkylation sites (tertiary alicyclic amines) is 1. The van der Waals surface area contributed by atoms with Crippen LogP contribution in [-0.2, 0) is 11.3 Å². The topological polar surface area (TPSA) is 50.3 Å². The van der Waals surface area contributed by atoms with Crippen molar-refractivity contribution in [3.63, 3.8) is 0 Å². The van der Waals surface area contributed by atoms with Gasteiger partial charge in [0.1, 0.15) is 6.61 Å². The molecule has 5 nitrogen and oxygen atoms in total. The molecule has 1 N–H and O–H groups in total. The highest BCUT2D eigenvalue weighted by molar-refractivity contribution is 7.09. The molecule has 1 aromatic carbocycles. The molecule has 1 fully saturated rings. The summed E-state index contributed by atoms with van der Waals surface area (Å²) in [4.78, 5) is 6.49. The first-order valence-electron chi connectivity index (χ1n) is 7.31. The SMILES string of the molecule is COCc1nsc(N[C@H]2CCN(C)[C@H]2c2ccc(F)c(F)c2)n1. The molecule has 1 aliphatic heterocycles. The molecule has 2 atom stereocenters. The van der Waals surface area contributed by atoms with Crippen LogP contribution in [0.4, 0.5) is 13.9 Å². The van der Waals surface area contributed by atoms with Gasteiger partial charge in [0.25, 0.3) is 0 Å². The van der Waals surface area contributed by atoms with Crippen LogP contribution in [-0.4, -0.2) is 41.0 Å². The lowest BCUT2D eigenvalue weighted by atomic mass is 10.00. The van der Waals surface area contributed by atoms with E-state index in [4.69, 9.17) is 4.74 Å². The van der Waals surface area contributed by atoms with Crippen LogP contribution in [0.5, 0.6) is 0 Å². The smallest absolute Gasteiger partial charge is 0.202 e. The summed E-state index contributed by atoms with van der Waals surface area (Å²) in [5, 5.41) is 4.08. The van der Waals surface area contributed by atoms with E-state index in [1.165, 1.54) is 23.7 Å². The number of halogens is 2. The monoisotopic (exact) mass is 340 g/mol. The zero-order chi connectivity index (χ0) is 16.4. The van der Waals surface area contributed by atoms with Crippen molar-refractivity contribution in [2.45, 2.75) is 25.1 Å². The lowest BCUT2D eigenvalue weighted by Gasteiger charge is -2.26. The lowest BCUT2D eigenvalue weighted by molar-refractivity contribution is 0.179. The van der Waals surface area contributed by atoms with Crippen LogP contribution >= 0.6 is 11.5 Å². The van der Waals surface area contributed by atoms with Crippen LogP contribution in [0.3, 0.4) is 0 Å². The highest BCUT2D eigenvalue weighted by Gasteiger charge is 2.34. The van der Waals surface area contributed by atoms with E-state index in [0.717, 1.165) is 18.5 Å². The van der Waals surface area contributed by atoms with E-state index in [0.29, 0.717) is 17.6 Å². The summed E-state index contributed by atoms with van der Waals surface area (Å²) in [6.45, 7) is 1.24. The van der Waals surface area contributed by atoms with Gasteiger partial charge in [-0.3, -0.25) is 4.90 Å². The Bertz CT molecular complexity index is 681. The highest BCUT2D eigenvalue weighted by Crippen LogP contribution is 2.34. The van der Waals surface area contributed by atoms with Crippen LogP contribution in [0.25, 0.3) is 0 Å². The molecule has 0 bridgehead atoms. The summed E-state index contributed by atoms with van der Waals surface area (Å²) in [6.07, 6.45) is 0.888. The van der Waals surface area contributed by atoms with E-state index in [1.54, 1.807) is 13.2 Å². The van der Waals surface area contributed by atoms with Gasteiger partial charge in [0.15, 0.2) is 17.5 Å². The van der Waals surface area contributed by atoms with Gasteiger partial charge in [0, 0.05) is 31.2 Å². The summed E-state index contributed by atoms with van der Waals surface area (Å²) in [7, 11) is 3.57. The third kappa shape index (κ3) is 3.49. The number of aromatic nitrogens is 2. The van der Waals surface area contributed by atoms with Crippen molar-refractivity contribution in [3.8, 4) is 0 Å². The fourth-order valence-electron chi connectivity index (χ4n) is 2.94. The van der Waals surface area contributed by atoms with Crippen molar-refractivity contribution in [1.29, 1.82) is 0 Å². The first-order chi connectivity index (χ1) is 11.1. The Labute approximate surface area is 137 Å². The minimum absolute atomic E-state index is 0.0418. The van der Waals surface area contributed by atoms with Gasteiger partial charge in [0.05, 0.1) is 6.04 Å². The molecule has 0 saturated carbocycles. The maximum Gasteiger partial charge on any atom is 0.202 e. The zero-order valence-corrected chi connectivity index (χ0v) is 13.7. The van der Waals surface area contributed by atoms with Crippen molar-refractivity contribution in [3.05, 3.63) is 41.2 Å². The Morgan fingerprint density at radius 2 is 2.22 bits per heavy atom. The van der Waals surface area contributed by atoms with Gasteiger partial charge in [0.2, 0.25) is 5.13 Å². The van der Waals surface area contributed by atoms with Crippen LogP contribution in [0.15, 0.2) is 18.2 Å². The molecular formula is C15H18F2N4OS. The van der Waals surface area contributed by atoms with Crippen molar-refractivity contribution in [1.82, 2.24) is 14.3 Å². The second kappa shape index (κ2) is 6.86. The van der Waals surface area contributed by atoms with Gasteiger partial charge in [-0.25, -0.2) is 13.8 Å². The Morgan fingerprint density at radius 3 is 2.96 bits per heavy atom. The fraction of sp³-hybridized carbons (Fsp3) is 0.467. The number of hydrogen-bond acceptors (Lipinski definition) is 6. The second-order valence-corrected chi connectivity index (χ2v) is 6.34. The molecule has 0 aliphatic carbocycles. The van der Waals surface area contributed by atoms with Crippen LogP contribution in [0.2, 0.25) is 0 Å². The first-order valence-corrected chi connectivity index (χ1v) is 8.09. The number of anilines is 1.